The van der Waals surface area contributed by atoms with Crippen molar-refractivity contribution in [3.8, 4) is 17.1 Å². The van der Waals surface area contributed by atoms with Crippen molar-refractivity contribution in [3.05, 3.63) is 69.1 Å². The summed E-state index contributed by atoms with van der Waals surface area (Å²) in [6.45, 7) is -0.0294. The molecule has 0 aliphatic rings. The van der Waals surface area contributed by atoms with Crippen molar-refractivity contribution in [3.63, 3.8) is 0 Å². The third kappa shape index (κ3) is 4.21. The number of aromatic nitrogens is 2. The van der Waals surface area contributed by atoms with Gasteiger partial charge in [-0.1, -0.05) is 16.8 Å². The molecule has 1 heterocycles. The van der Waals surface area contributed by atoms with Crippen LogP contribution in [0, 0.1) is 10.1 Å². The predicted octanol–water partition coefficient (Wildman–Crippen LogP) is 3.24. The van der Waals surface area contributed by atoms with Crippen molar-refractivity contribution in [1.82, 2.24) is 15.5 Å². The normalized spacial score (nSPS) is 10.4. The van der Waals surface area contributed by atoms with Crippen LogP contribution in [0.3, 0.4) is 0 Å². The number of rotatable bonds is 6. The Balaban J connectivity index is 1.67. The van der Waals surface area contributed by atoms with E-state index < -0.39 is 10.8 Å². The summed E-state index contributed by atoms with van der Waals surface area (Å²) in [4.78, 5) is 26.6. The molecule has 10 heteroatoms. The minimum absolute atomic E-state index is 0.0294. The number of carbonyl (C=O) groups is 1. The highest BCUT2D eigenvalue weighted by Gasteiger charge is 2.17. The Labute approximate surface area is 158 Å². The van der Waals surface area contributed by atoms with Gasteiger partial charge in [-0.3, -0.25) is 14.9 Å². The third-order valence-corrected chi connectivity index (χ3v) is 3.94. The van der Waals surface area contributed by atoms with Crippen LogP contribution >= 0.6 is 11.6 Å². The van der Waals surface area contributed by atoms with Gasteiger partial charge in [-0.25, -0.2) is 0 Å². The van der Waals surface area contributed by atoms with Crippen LogP contribution in [0.15, 0.2) is 47.0 Å². The van der Waals surface area contributed by atoms with E-state index in [1.807, 2.05) is 0 Å². The van der Waals surface area contributed by atoms with Crippen LogP contribution in [-0.2, 0) is 6.54 Å². The zero-order chi connectivity index (χ0) is 19.4. The summed E-state index contributed by atoms with van der Waals surface area (Å²) in [7, 11) is 1.57. The fourth-order valence-corrected chi connectivity index (χ4v) is 2.42. The highest BCUT2D eigenvalue weighted by atomic mass is 35.5. The first-order chi connectivity index (χ1) is 13.0. The van der Waals surface area contributed by atoms with Gasteiger partial charge in [0.1, 0.15) is 10.8 Å². The molecule has 138 valence electrons. The van der Waals surface area contributed by atoms with Crippen molar-refractivity contribution < 1.29 is 19.0 Å². The molecule has 0 atom stereocenters. The van der Waals surface area contributed by atoms with Gasteiger partial charge in [-0.15, -0.1) is 0 Å². The first kappa shape index (κ1) is 18.3. The van der Waals surface area contributed by atoms with E-state index in [1.165, 1.54) is 12.1 Å². The SMILES string of the molecule is COc1ccc(-c2noc(CNC(=O)c3ccc(Cl)c([N+](=O)[O-])c3)n2)cc1. The average molecular weight is 389 g/mol. The van der Waals surface area contributed by atoms with Crippen LogP contribution in [0.5, 0.6) is 5.75 Å². The van der Waals surface area contributed by atoms with Gasteiger partial charge in [0, 0.05) is 17.2 Å². The number of benzene rings is 2. The summed E-state index contributed by atoms with van der Waals surface area (Å²) < 4.78 is 10.2. The molecular formula is C17H13ClN4O5. The molecule has 0 bridgehead atoms. The second kappa shape index (κ2) is 7.83. The Hall–Kier alpha value is -3.46. The number of carbonyl (C=O) groups excluding carboxylic acids is 1. The highest BCUT2D eigenvalue weighted by molar-refractivity contribution is 6.32. The molecule has 1 amide bonds. The number of hydrogen-bond donors (Lipinski definition) is 1. The van der Waals surface area contributed by atoms with Crippen molar-refractivity contribution in [1.29, 1.82) is 0 Å². The fraction of sp³-hybridized carbons (Fsp3) is 0.118. The molecule has 9 nitrogen and oxygen atoms in total. The molecule has 0 fully saturated rings. The molecule has 3 aromatic rings. The predicted molar refractivity (Wildman–Crippen MR) is 95.6 cm³/mol. The van der Waals surface area contributed by atoms with E-state index in [2.05, 4.69) is 15.5 Å². The Bertz CT molecular complexity index is 987. The van der Waals surface area contributed by atoms with Crippen molar-refractivity contribution in [2.75, 3.05) is 7.11 Å². The Morgan fingerprint density at radius 2 is 2.04 bits per heavy atom. The molecule has 0 unspecified atom stereocenters. The monoisotopic (exact) mass is 388 g/mol. The van der Waals surface area contributed by atoms with Crippen LogP contribution in [0.25, 0.3) is 11.4 Å². The zero-order valence-corrected chi connectivity index (χ0v) is 14.8. The molecule has 0 saturated heterocycles. The minimum atomic E-state index is -0.655. The Kier molecular flexibility index (Phi) is 5.32. The molecule has 0 saturated carbocycles. The Morgan fingerprint density at radius 1 is 1.30 bits per heavy atom. The second-order valence-corrected chi connectivity index (χ2v) is 5.75. The van der Waals surface area contributed by atoms with Gasteiger partial charge < -0.3 is 14.6 Å². The average Bonchev–Trinajstić information content (AvgIpc) is 3.15. The van der Waals surface area contributed by atoms with E-state index in [-0.39, 0.29) is 28.7 Å². The summed E-state index contributed by atoms with van der Waals surface area (Å²) >= 11 is 5.73. The third-order valence-electron chi connectivity index (χ3n) is 3.62. The lowest BCUT2D eigenvalue weighted by Gasteiger charge is -2.03. The number of halogens is 1. The number of hydrogen-bond acceptors (Lipinski definition) is 7. The standard InChI is InChI=1S/C17H13ClN4O5/c1-26-12-5-2-10(3-6-12)16-20-15(27-21-16)9-19-17(23)11-4-7-13(18)14(8-11)22(24)25/h2-8H,9H2,1H3,(H,19,23). The van der Waals surface area contributed by atoms with Crippen LogP contribution in [0.2, 0.25) is 5.02 Å². The number of methoxy groups -OCH3 is 1. The van der Waals surface area contributed by atoms with Crippen molar-refractivity contribution >= 4 is 23.2 Å². The number of nitrogens with zero attached hydrogens (tertiary/aromatic N) is 3. The number of nitro benzene ring substituents is 1. The van der Waals surface area contributed by atoms with Gasteiger partial charge in [-0.05, 0) is 36.4 Å². The fourth-order valence-electron chi connectivity index (χ4n) is 2.24. The van der Waals surface area contributed by atoms with Crippen LogP contribution in [-0.4, -0.2) is 28.1 Å². The first-order valence-electron chi connectivity index (χ1n) is 7.67. The maximum absolute atomic E-state index is 12.2. The summed E-state index contributed by atoms with van der Waals surface area (Å²) in [5.41, 5.74) is 0.482. The molecule has 27 heavy (non-hydrogen) atoms. The lowest BCUT2D eigenvalue weighted by Crippen LogP contribution is -2.23. The summed E-state index contributed by atoms with van der Waals surface area (Å²) in [5, 5.41) is 17.3. The van der Waals surface area contributed by atoms with Gasteiger partial charge in [0.25, 0.3) is 11.6 Å². The molecule has 0 radical (unpaired) electrons. The topological polar surface area (TPSA) is 120 Å². The zero-order valence-electron chi connectivity index (χ0n) is 14.0. The maximum atomic E-state index is 12.2. The van der Waals surface area contributed by atoms with Gasteiger partial charge in [0.05, 0.1) is 18.6 Å². The van der Waals surface area contributed by atoms with E-state index in [0.29, 0.717) is 11.6 Å². The van der Waals surface area contributed by atoms with E-state index in [1.54, 1.807) is 31.4 Å². The van der Waals surface area contributed by atoms with Gasteiger partial charge >= 0.3 is 0 Å². The maximum Gasteiger partial charge on any atom is 0.288 e. The summed E-state index contributed by atoms with van der Waals surface area (Å²) in [6, 6.07) is 10.9. The van der Waals surface area contributed by atoms with Gasteiger partial charge in [0.2, 0.25) is 11.7 Å². The van der Waals surface area contributed by atoms with Gasteiger partial charge in [-0.2, -0.15) is 4.98 Å². The molecule has 0 spiro atoms. The number of nitro groups is 1. The van der Waals surface area contributed by atoms with Crippen LogP contribution < -0.4 is 10.1 Å². The number of ether oxygens (including phenoxy) is 1. The molecular weight excluding hydrogens is 376 g/mol. The molecule has 3 rings (SSSR count). The second-order valence-electron chi connectivity index (χ2n) is 5.35. The molecule has 1 aromatic heterocycles. The van der Waals surface area contributed by atoms with E-state index >= 15 is 0 Å². The first-order valence-corrected chi connectivity index (χ1v) is 8.05. The number of nitrogens with one attached hydrogen (secondary N) is 1. The smallest absolute Gasteiger partial charge is 0.288 e. The van der Waals surface area contributed by atoms with E-state index in [4.69, 9.17) is 20.9 Å². The Morgan fingerprint density at radius 3 is 2.70 bits per heavy atom. The van der Waals surface area contributed by atoms with E-state index in [9.17, 15) is 14.9 Å². The van der Waals surface area contributed by atoms with Gasteiger partial charge in [0.15, 0.2) is 0 Å². The molecule has 0 aliphatic carbocycles. The van der Waals surface area contributed by atoms with Crippen LogP contribution in [0.4, 0.5) is 5.69 Å². The largest absolute Gasteiger partial charge is 0.497 e. The van der Waals surface area contributed by atoms with E-state index in [0.717, 1.165) is 11.6 Å². The minimum Gasteiger partial charge on any atom is -0.497 e. The molecule has 1 N–H and O–H groups in total. The highest BCUT2D eigenvalue weighted by Crippen LogP contribution is 2.25. The van der Waals surface area contributed by atoms with Crippen LogP contribution in [0.1, 0.15) is 16.2 Å². The van der Waals surface area contributed by atoms with Crippen molar-refractivity contribution in [2.24, 2.45) is 0 Å². The van der Waals surface area contributed by atoms with Crippen molar-refractivity contribution in [2.45, 2.75) is 6.54 Å². The number of amides is 1. The lowest BCUT2D eigenvalue weighted by atomic mass is 10.2. The molecule has 0 aliphatic heterocycles. The lowest BCUT2D eigenvalue weighted by molar-refractivity contribution is -0.384. The quantitative estimate of drug-likeness (QED) is 0.508. The summed E-state index contributed by atoms with van der Waals surface area (Å²) in [6.07, 6.45) is 0. The summed E-state index contributed by atoms with van der Waals surface area (Å²) in [5.74, 6) is 0.729. The molecule has 2 aromatic carbocycles.